The van der Waals surface area contributed by atoms with E-state index >= 15 is 0 Å². The molecule has 0 fully saturated rings. The topological polar surface area (TPSA) is 38.8 Å². The van der Waals surface area contributed by atoms with Crippen LogP contribution in [0.15, 0.2) is 84.9 Å². The van der Waals surface area contributed by atoms with E-state index < -0.39 is 6.04 Å². The molecule has 3 aromatic carbocycles. The number of rotatable bonds is 5. The van der Waals surface area contributed by atoms with E-state index in [0.717, 1.165) is 40.2 Å². The van der Waals surface area contributed by atoms with E-state index in [9.17, 15) is 4.79 Å². The van der Waals surface area contributed by atoms with Gasteiger partial charge in [0.1, 0.15) is 5.75 Å². The molecule has 0 bridgehead atoms. The van der Waals surface area contributed by atoms with Crippen molar-refractivity contribution in [3.63, 3.8) is 0 Å². The molecule has 3 aromatic rings. The fourth-order valence-corrected chi connectivity index (χ4v) is 3.86. The van der Waals surface area contributed by atoms with Crippen LogP contribution in [0.3, 0.4) is 0 Å². The van der Waals surface area contributed by atoms with Crippen molar-refractivity contribution in [2.24, 2.45) is 0 Å². The minimum Gasteiger partial charge on any atom is -0.496 e. The van der Waals surface area contributed by atoms with Crippen molar-refractivity contribution in [3.8, 4) is 5.75 Å². The summed E-state index contributed by atoms with van der Waals surface area (Å²) in [7, 11) is 3.09. The van der Waals surface area contributed by atoms with Crippen LogP contribution in [-0.2, 0) is 16.0 Å². The number of benzene rings is 3. The van der Waals surface area contributed by atoms with Gasteiger partial charge in [0.25, 0.3) is 0 Å². The highest BCUT2D eigenvalue weighted by atomic mass is 16.5. The van der Waals surface area contributed by atoms with Gasteiger partial charge in [-0.1, -0.05) is 66.7 Å². The van der Waals surface area contributed by atoms with Gasteiger partial charge >= 0.3 is 5.97 Å². The minimum atomic E-state index is -0.612. The van der Waals surface area contributed by atoms with Gasteiger partial charge in [0.2, 0.25) is 0 Å². The summed E-state index contributed by atoms with van der Waals surface area (Å²) in [4.78, 5) is 15.1. The van der Waals surface area contributed by atoms with Crippen molar-refractivity contribution in [3.05, 3.63) is 102 Å². The largest absolute Gasteiger partial charge is 0.496 e. The van der Waals surface area contributed by atoms with Gasteiger partial charge in [-0.3, -0.25) is 0 Å². The molecule has 0 aliphatic carbocycles. The third kappa shape index (κ3) is 3.49. The Balaban J connectivity index is 1.94. The Hall–Kier alpha value is -3.53. The van der Waals surface area contributed by atoms with Gasteiger partial charge < -0.3 is 14.4 Å². The number of methoxy groups -OCH3 is 2. The van der Waals surface area contributed by atoms with Gasteiger partial charge in [0.05, 0.1) is 14.2 Å². The fourth-order valence-electron chi connectivity index (χ4n) is 3.86. The summed E-state index contributed by atoms with van der Waals surface area (Å²) in [5, 5.41) is 0. The summed E-state index contributed by atoms with van der Waals surface area (Å²) < 4.78 is 10.9. The van der Waals surface area contributed by atoms with Gasteiger partial charge in [-0.25, -0.2) is 4.79 Å². The summed E-state index contributed by atoms with van der Waals surface area (Å²) in [6.45, 7) is 0. The first-order chi connectivity index (χ1) is 14.2. The lowest BCUT2D eigenvalue weighted by atomic mass is 9.94. The number of anilines is 1. The molecule has 1 aliphatic heterocycles. The summed E-state index contributed by atoms with van der Waals surface area (Å²) in [6, 6.07) is 25.2. The van der Waals surface area contributed by atoms with E-state index in [1.807, 2.05) is 66.7 Å². The van der Waals surface area contributed by atoms with Crippen LogP contribution in [0.2, 0.25) is 0 Å². The van der Waals surface area contributed by atoms with Crippen molar-refractivity contribution in [1.29, 1.82) is 0 Å². The lowest BCUT2D eigenvalue weighted by Gasteiger charge is -2.38. The number of carbonyl (C=O) groups is 1. The zero-order chi connectivity index (χ0) is 20.2. The zero-order valence-corrected chi connectivity index (χ0v) is 16.5. The van der Waals surface area contributed by atoms with E-state index in [1.54, 1.807) is 7.11 Å². The second-order valence-corrected chi connectivity index (χ2v) is 6.83. The molecule has 0 radical (unpaired) electrons. The zero-order valence-electron chi connectivity index (χ0n) is 16.5. The van der Waals surface area contributed by atoms with Gasteiger partial charge in [0.15, 0.2) is 6.04 Å². The number of ether oxygens (including phenoxy) is 2. The van der Waals surface area contributed by atoms with Crippen LogP contribution >= 0.6 is 0 Å². The number of carbonyl (C=O) groups excluding carboxylic acids is 1. The number of para-hydroxylation sites is 2. The predicted octanol–water partition coefficient (Wildman–Crippen LogP) is 5.01. The first-order valence-electron chi connectivity index (χ1n) is 9.58. The quantitative estimate of drug-likeness (QED) is 0.579. The maximum absolute atomic E-state index is 13.0. The molecule has 0 saturated carbocycles. The Morgan fingerprint density at radius 2 is 1.59 bits per heavy atom. The molecule has 0 aromatic heterocycles. The second kappa shape index (κ2) is 8.23. The van der Waals surface area contributed by atoms with Crippen LogP contribution in [-0.4, -0.2) is 20.2 Å². The normalized spacial score (nSPS) is 13.9. The van der Waals surface area contributed by atoms with Crippen LogP contribution in [0.25, 0.3) is 5.70 Å². The average molecular weight is 385 g/mol. The Bertz CT molecular complexity index is 1040. The number of nitrogens with zero attached hydrogens (tertiary/aromatic N) is 1. The maximum atomic E-state index is 13.0. The molecule has 0 saturated heterocycles. The standard InChI is InChI=1S/C25H23NO3/c1-28-23-15-9-7-13-20(23)22-17-16-18-10-6-8-14-21(18)26(22)24(25(27)29-2)19-11-4-3-5-12-19/h3-15,17,24H,16H2,1-2H3/t24-/m1/s1. The summed E-state index contributed by atoms with van der Waals surface area (Å²) in [6.07, 6.45) is 2.93. The highest BCUT2D eigenvalue weighted by Crippen LogP contribution is 2.43. The van der Waals surface area contributed by atoms with Crippen LogP contribution in [0.5, 0.6) is 5.75 Å². The van der Waals surface area contributed by atoms with Crippen LogP contribution in [0, 0.1) is 0 Å². The molecular formula is C25H23NO3. The molecule has 0 spiro atoms. The molecule has 1 aliphatic rings. The van der Waals surface area contributed by atoms with Crippen LogP contribution in [0.4, 0.5) is 5.69 Å². The van der Waals surface area contributed by atoms with Crippen molar-refractivity contribution in [1.82, 2.24) is 0 Å². The molecule has 29 heavy (non-hydrogen) atoms. The monoisotopic (exact) mass is 385 g/mol. The van der Waals surface area contributed by atoms with E-state index in [-0.39, 0.29) is 5.97 Å². The number of hydrogen-bond donors (Lipinski definition) is 0. The van der Waals surface area contributed by atoms with E-state index in [1.165, 1.54) is 7.11 Å². The molecule has 0 unspecified atom stereocenters. The molecule has 0 N–H and O–H groups in total. The molecule has 4 heteroatoms. The Kier molecular flexibility index (Phi) is 5.34. The van der Waals surface area contributed by atoms with Crippen molar-refractivity contribution < 1.29 is 14.3 Å². The van der Waals surface area contributed by atoms with Crippen LogP contribution < -0.4 is 9.64 Å². The number of fused-ring (bicyclic) bond motifs is 1. The smallest absolute Gasteiger partial charge is 0.333 e. The molecule has 4 rings (SSSR count). The Morgan fingerprint density at radius 3 is 2.34 bits per heavy atom. The van der Waals surface area contributed by atoms with E-state index in [0.29, 0.717) is 0 Å². The van der Waals surface area contributed by atoms with Gasteiger partial charge in [-0.05, 0) is 35.7 Å². The SMILES string of the molecule is COC(=O)[C@@H](c1ccccc1)N1C(c2ccccc2OC)=CCc2ccccc21. The lowest BCUT2D eigenvalue weighted by Crippen LogP contribution is -2.36. The lowest BCUT2D eigenvalue weighted by molar-refractivity contribution is -0.142. The van der Waals surface area contributed by atoms with E-state index in [2.05, 4.69) is 23.1 Å². The highest BCUT2D eigenvalue weighted by Gasteiger charge is 2.35. The molecule has 0 amide bonds. The molecule has 4 nitrogen and oxygen atoms in total. The van der Waals surface area contributed by atoms with E-state index in [4.69, 9.17) is 9.47 Å². The van der Waals surface area contributed by atoms with Gasteiger partial charge in [-0.15, -0.1) is 0 Å². The first-order valence-corrected chi connectivity index (χ1v) is 9.58. The minimum absolute atomic E-state index is 0.311. The Labute approximate surface area is 171 Å². The number of hydrogen-bond acceptors (Lipinski definition) is 4. The summed E-state index contributed by atoms with van der Waals surface area (Å²) in [5.74, 6) is 0.452. The summed E-state index contributed by atoms with van der Waals surface area (Å²) in [5.41, 5.74) is 4.90. The molecule has 1 atom stereocenters. The second-order valence-electron chi connectivity index (χ2n) is 6.83. The Morgan fingerprint density at radius 1 is 0.897 bits per heavy atom. The third-order valence-electron chi connectivity index (χ3n) is 5.21. The third-order valence-corrected chi connectivity index (χ3v) is 5.21. The number of allylic oxidation sites excluding steroid dienone is 1. The van der Waals surface area contributed by atoms with Crippen molar-refractivity contribution >= 4 is 17.4 Å². The molecule has 146 valence electrons. The van der Waals surface area contributed by atoms with Gasteiger partial charge in [0, 0.05) is 16.9 Å². The van der Waals surface area contributed by atoms with Crippen molar-refractivity contribution in [2.45, 2.75) is 12.5 Å². The van der Waals surface area contributed by atoms with Crippen LogP contribution in [0.1, 0.15) is 22.7 Å². The molecular weight excluding hydrogens is 362 g/mol. The predicted molar refractivity (Wildman–Crippen MR) is 115 cm³/mol. The average Bonchev–Trinajstić information content (AvgIpc) is 2.80. The van der Waals surface area contributed by atoms with Crippen molar-refractivity contribution in [2.75, 3.05) is 19.1 Å². The maximum Gasteiger partial charge on any atom is 0.333 e. The molecule has 1 heterocycles. The summed E-state index contributed by atoms with van der Waals surface area (Å²) >= 11 is 0. The van der Waals surface area contributed by atoms with Gasteiger partial charge in [-0.2, -0.15) is 0 Å². The highest BCUT2D eigenvalue weighted by molar-refractivity contribution is 5.93. The fraction of sp³-hybridized carbons (Fsp3) is 0.160. The number of esters is 1. The first kappa shape index (κ1) is 18.8.